The quantitative estimate of drug-likeness (QED) is 0.525. The molecular weight excluding hydrogens is 421 g/mol. The highest BCUT2D eigenvalue weighted by Crippen LogP contribution is 2.39. The molecular formula is C19H15BrFNO5. The summed E-state index contributed by atoms with van der Waals surface area (Å²) in [6.07, 6.45) is 1.33. The molecule has 1 aliphatic rings. The summed E-state index contributed by atoms with van der Waals surface area (Å²) in [7, 11) is 4.44. The highest BCUT2D eigenvalue weighted by atomic mass is 79.9. The summed E-state index contributed by atoms with van der Waals surface area (Å²) in [6.45, 7) is 0. The van der Waals surface area contributed by atoms with Gasteiger partial charge in [-0.2, -0.15) is 0 Å². The van der Waals surface area contributed by atoms with Crippen LogP contribution < -0.4 is 14.2 Å². The molecule has 0 aliphatic carbocycles. The number of halogens is 2. The van der Waals surface area contributed by atoms with Crippen LogP contribution in [-0.2, 0) is 9.53 Å². The van der Waals surface area contributed by atoms with Crippen molar-refractivity contribution in [3.05, 3.63) is 57.4 Å². The van der Waals surface area contributed by atoms with Gasteiger partial charge in [-0.1, -0.05) is 15.9 Å². The highest BCUT2D eigenvalue weighted by molar-refractivity contribution is 9.10. The van der Waals surface area contributed by atoms with Gasteiger partial charge in [0.15, 0.2) is 17.2 Å². The Morgan fingerprint density at radius 3 is 2.33 bits per heavy atom. The van der Waals surface area contributed by atoms with E-state index in [-0.39, 0.29) is 17.2 Å². The molecule has 0 N–H and O–H groups in total. The maximum atomic E-state index is 13.9. The number of esters is 1. The van der Waals surface area contributed by atoms with Crippen LogP contribution in [0, 0.1) is 5.82 Å². The van der Waals surface area contributed by atoms with Crippen molar-refractivity contribution < 1.29 is 28.1 Å². The van der Waals surface area contributed by atoms with E-state index in [1.165, 1.54) is 33.5 Å². The van der Waals surface area contributed by atoms with Crippen molar-refractivity contribution in [1.29, 1.82) is 0 Å². The number of methoxy groups -OCH3 is 3. The molecule has 0 saturated carbocycles. The minimum atomic E-state index is -0.682. The number of hydrogen-bond acceptors (Lipinski definition) is 6. The van der Waals surface area contributed by atoms with Crippen LogP contribution in [0.4, 0.5) is 4.39 Å². The van der Waals surface area contributed by atoms with Crippen LogP contribution in [0.5, 0.6) is 17.2 Å². The van der Waals surface area contributed by atoms with Gasteiger partial charge in [0.2, 0.25) is 11.6 Å². The van der Waals surface area contributed by atoms with Gasteiger partial charge in [-0.3, -0.25) is 0 Å². The Kier molecular flexibility index (Phi) is 5.46. The minimum Gasteiger partial charge on any atom is -0.493 e. The van der Waals surface area contributed by atoms with Crippen molar-refractivity contribution in [1.82, 2.24) is 0 Å². The van der Waals surface area contributed by atoms with Crippen molar-refractivity contribution >= 4 is 33.9 Å². The second-order valence-electron chi connectivity index (χ2n) is 5.42. The van der Waals surface area contributed by atoms with Crippen LogP contribution in [-0.4, -0.2) is 33.2 Å². The Bertz CT molecular complexity index is 946. The molecule has 6 nitrogen and oxygen atoms in total. The molecule has 3 rings (SSSR count). The lowest BCUT2D eigenvalue weighted by Gasteiger charge is -2.13. The average Bonchev–Trinajstić information content (AvgIpc) is 3.03. The van der Waals surface area contributed by atoms with E-state index < -0.39 is 11.8 Å². The molecule has 0 spiro atoms. The molecule has 140 valence electrons. The predicted octanol–water partition coefficient (Wildman–Crippen LogP) is 3.96. The third-order valence-corrected chi connectivity index (χ3v) is 4.28. The number of ether oxygens (including phenoxy) is 4. The van der Waals surface area contributed by atoms with Gasteiger partial charge < -0.3 is 18.9 Å². The molecule has 8 heteroatoms. The summed E-state index contributed by atoms with van der Waals surface area (Å²) < 4.78 is 35.7. The fraction of sp³-hybridized carbons (Fsp3) is 0.158. The standard InChI is InChI=1S/C19H15BrFNO5/c1-24-15-8-11(9-16(25-2)17(15)26-3)18-22-14(19(23)27-18)7-10-6-12(20)4-5-13(10)21/h4-9H,1-3H3/b14-7-. The van der Waals surface area contributed by atoms with Crippen LogP contribution in [0.3, 0.4) is 0 Å². The largest absolute Gasteiger partial charge is 0.493 e. The van der Waals surface area contributed by atoms with Gasteiger partial charge in [-0.25, -0.2) is 14.2 Å². The number of hydrogen-bond donors (Lipinski definition) is 0. The fourth-order valence-electron chi connectivity index (χ4n) is 2.51. The topological polar surface area (TPSA) is 66.4 Å². The third kappa shape index (κ3) is 3.80. The molecule has 0 unspecified atom stereocenters. The van der Waals surface area contributed by atoms with Gasteiger partial charge in [0.1, 0.15) is 5.82 Å². The van der Waals surface area contributed by atoms with Gasteiger partial charge in [0.05, 0.1) is 21.3 Å². The first kappa shape index (κ1) is 18.9. The second-order valence-corrected chi connectivity index (χ2v) is 6.33. The molecule has 1 heterocycles. The van der Waals surface area contributed by atoms with E-state index in [9.17, 15) is 9.18 Å². The molecule has 0 atom stereocenters. The number of nitrogens with zero attached hydrogens (tertiary/aromatic N) is 1. The first-order chi connectivity index (χ1) is 13.0. The summed E-state index contributed by atoms with van der Waals surface area (Å²) in [4.78, 5) is 16.3. The lowest BCUT2D eigenvalue weighted by Crippen LogP contribution is -2.07. The lowest BCUT2D eigenvalue weighted by atomic mass is 10.1. The molecule has 27 heavy (non-hydrogen) atoms. The SMILES string of the molecule is COc1cc(C2=N/C(=C\c3cc(Br)ccc3F)C(=O)O2)cc(OC)c1OC. The van der Waals surface area contributed by atoms with Crippen molar-refractivity contribution in [2.45, 2.75) is 0 Å². The Labute approximate surface area is 163 Å². The minimum absolute atomic E-state index is 0.0178. The van der Waals surface area contributed by atoms with Gasteiger partial charge in [0.25, 0.3) is 0 Å². The molecule has 0 bridgehead atoms. The normalized spacial score (nSPS) is 14.8. The molecule has 0 radical (unpaired) electrons. The maximum Gasteiger partial charge on any atom is 0.363 e. The van der Waals surface area contributed by atoms with E-state index in [1.807, 2.05) is 0 Å². The fourth-order valence-corrected chi connectivity index (χ4v) is 2.89. The molecule has 2 aromatic carbocycles. The van der Waals surface area contributed by atoms with Gasteiger partial charge in [0, 0.05) is 15.6 Å². The number of carbonyl (C=O) groups is 1. The van der Waals surface area contributed by atoms with Crippen molar-refractivity contribution in [3.63, 3.8) is 0 Å². The molecule has 0 fully saturated rings. The zero-order chi connectivity index (χ0) is 19.6. The van der Waals surface area contributed by atoms with Gasteiger partial charge >= 0.3 is 5.97 Å². The van der Waals surface area contributed by atoms with E-state index in [1.54, 1.807) is 24.3 Å². The van der Waals surface area contributed by atoms with E-state index >= 15 is 0 Å². The number of benzene rings is 2. The predicted molar refractivity (Wildman–Crippen MR) is 101 cm³/mol. The zero-order valence-corrected chi connectivity index (χ0v) is 16.3. The zero-order valence-electron chi connectivity index (χ0n) is 14.7. The number of aliphatic imine (C=N–C) groups is 1. The molecule has 2 aromatic rings. The molecule has 1 aliphatic heterocycles. The summed E-state index contributed by atoms with van der Waals surface area (Å²) >= 11 is 3.27. The summed E-state index contributed by atoms with van der Waals surface area (Å²) in [5.41, 5.74) is 0.651. The van der Waals surface area contributed by atoms with Gasteiger partial charge in [-0.15, -0.1) is 0 Å². The first-order valence-corrected chi connectivity index (χ1v) is 8.54. The average molecular weight is 436 g/mol. The van der Waals surface area contributed by atoms with Crippen molar-refractivity contribution in [2.24, 2.45) is 4.99 Å². The van der Waals surface area contributed by atoms with Gasteiger partial charge in [-0.05, 0) is 36.4 Å². The Morgan fingerprint density at radius 2 is 1.74 bits per heavy atom. The highest BCUT2D eigenvalue weighted by Gasteiger charge is 2.26. The van der Waals surface area contributed by atoms with Crippen LogP contribution in [0.15, 0.2) is 45.5 Å². The lowest BCUT2D eigenvalue weighted by molar-refractivity contribution is -0.129. The van der Waals surface area contributed by atoms with Crippen molar-refractivity contribution in [3.8, 4) is 17.2 Å². The monoisotopic (exact) mass is 435 g/mol. The van der Waals surface area contributed by atoms with E-state index in [0.717, 1.165) is 0 Å². The summed E-state index contributed by atoms with van der Waals surface area (Å²) in [5.74, 6) is 0.0803. The second kappa shape index (κ2) is 7.79. The van der Waals surface area contributed by atoms with Crippen LogP contribution in [0.25, 0.3) is 6.08 Å². The Morgan fingerprint density at radius 1 is 1.07 bits per heavy atom. The Balaban J connectivity index is 2.04. The number of rotatable bonds is 5. The van der Waals surface area contributed by atoms with Crippen LogP contribution >= 0.6 is 15.9 Å². The third-order valence-electron chi connectivity index (χ3n) is 3.78. The van der Waals surface area contributed by atoms with Crippen LogP contribution in [0.2, 0.25) is 0 Å². The first-order valence-electron chi connectivity index (χ1n) is 7.74. The smallest absolute Gasteiger partial charge is 0.363 e. The number of cyclic esters (lactones) is 1. The van der Waals surface area contributed by atoms with Crippen molar-refractivity contribution in [2.75, 3.05) is 21.3 Å². The van der Waals surface area contributed by atoms with Crippen LogP contribution in [0.1, 0.15) is 11.1 Å². The van der Waals surface area contributed by atoms with E-state index in [2.05, 4.69) is 20.9 Å². The Hall–Kier alpha value is -2.87. The van der Waals surface area contributed by atoms with E-state index in [0.29, 0.717) is 27.3 Å². The van der Waals surface area contributed by atoms with E-state index in [4.69, 9.17) is 18.9 Å². The molecule has 0 aromatic heterocycles. The molecule has 0 amide bonds. The number of carbonyl (C=O) groups excluding carboxylic acids is 1. The molecule has 0 saturated heterocycles. The summed E-state index contributed by atoms with van der Waals surface area (Å²) in [6, 6.07) is 7.62. The maximum absolute atomic E-state index is 13.9. The summed E-state index contributed by atoms with van der Waals surface area (Å²) in [5, 5.41) is 0.